The van der Waals surface area contributed by atoms with E-state index in [1.807, 2.05) is 0 Å². The van der Waals surface area contributed by atoms with Gasteiger partial charge in [-0.15, -0.1) is 0 Å². The number of halogens is 1. The van der Waals surface area contributed by atoms with E-state index in [1.165, 1.54) is 4.57 Å². The Bertz CT molecular complexity index is 644. The van der Waals surface area contributed by atoms with E-state index in [9.17, 15) is 4.79 Å². The summed E-state index contributed by atoms with van der Waals surface area (Å²) in [5.74, 6) is 0. The molecule has 0 aliphatic carbocycles. The number of pyridine rings is 1. The van der Waals surface area contributed by atoms with Crippen molar-refractivity contribution in [3.63, 3.8) is 0 Å². The Labute approximate surface area is 122 Å². The summed E-state index contributed by atoms with van der Waals surface area (Å²) in [5.41, 5.74) is 1.28. The molecule has 0 aliphatic rings. The maximum atomic E-state index is 12.2. The first kappa shape index (κ1) is 14.8. The Balaban J connectivity index is 2.55. The van der Waals surface area contributed by atoms with Crippen LogP contribution in [-0.4, -0.2) is 33.0 Å². The van der Waals surface area contributed by atoms with E-state index in [0.717, 1.165) is 5.56 Å². The van der Waals surface area contributed by atoms with E-state index in [0.29, 0.717) is 22.5 Å². The average molecular weight is 297 g/mol. The van der Waals surface area contributed by atoms with E-state index >= 15 is 0 Å². The van der Waals surface area contributed by atoms with Gasteiger partial charge in [0.25, 0.3) is 0 Å². The standard InChI is InChI=1S/C14H17ClN2O3/c1-14(2,3)20-13(19)17-8-9(5-7-18)11-12(17)10(15)4-6-16-11/h4,6,8,18H,5,7H2,1-3H3. The van der Waals surface area contributed by atoms with Gasteiger partial charge >= 0.3 is 6.09 Å². The molecule has 0 fully saturated rings. The maximum Gasteiger partial charge on any atom is 0.419 e. The van der Waals surface area contributed by atoms with Gasteiger partial charge in [0.05, 0.1) is 16.1 Å². The molecule has 108 valence electrons. The fourth-order valence-electron chi connectivity index (χ4n) is 1.93. The molecule has 0 unspecified atom stereocenters. The minimum atomic E-state index is -0.598. The highest BCUT2D eigenvalue weighted by Gasteiger charge is 2.22. The lowest BCUT2D eigenvalue weighted by atomic mass is 10.2. The van der Waals surface area contributed by atoms with Crippen molar-refractivity contribution >= 4 is 28.7 Å². The molecule has 0 aromatic carbocycles. The molecule has 0 atom stereocenters. The number of aromatic nitrogens is 2. The van der Waals surface area contributed by atoms with E-state index in [1.54, 1.807) is 39.2 Å². The maximum absolute atomic E-state index is 12.2. The minimum Gasteiger partial charge on any atom is -0.443 e. The van der Waals surface area contributed by atoms with Crippen LogP contribution in [-0.2, 0) is 11.2 Å². The zero-order valence-corrected chi connectivity index (χ0v) is 12.4. The van der Waals surface area contributed by atoms with Gasteiger partial charge in [-0.2, -0.15) is 0 Å². The molecule has 0 bridgehead atoms. The molecular weight excluding hydrogens is 280 g/mol. The van der Waals surface area contributed by atoms with Crippen LogP contribution in [0.5, 0.6) is 0 Å². The van der Waals surface area contributed by atoms with Crippen LogP contribution in [0.4, 0.5) is 4.79 Å². The Hall–Kier alpha value is -1.59. The molecule has 2 aromatic heterocycles. The third kappa shape index (κ3) is 2.94. The Morgan fingerprint density at radius 3 is 2.80 bits per heavy atom. The van der Waals surface area contributed by atoms with Gasteiger partial charge in [0.2, 0.25) is 0 Å². The lowest BCUT2D eigenvalue weighted by Crippen LogP contribution is -2.26. The molecule has 5 nitrogen and oxygen atoms in total. The Morgan fingerprint density at radius 2 is 2.20 bits per heavy atom. The summed E-state index contributed by atoms with van der Waals surface area (Å²) < 4.78 is 6.70. The fraction of sp³-hybridized carbons (Fsp3) is 0.429. The summed E-state index contributed by atoms with van der Waals surface area (Å²) >= 11 is 6.16. The molecule has 0 amide bonds. The summed E-state index contributed by atoms with van der Waals surface area (Å²) in [5, 5.41) is 9.52. The quantitative estimate of drug-likeness (QED) is 0.925. The van der Waals surface area contributed by atoms with E-state index in [4.69, 9.17) is 21.4 Å². The van der Waals surface area contributed by atoms with Crippen molar-refractivity contribution in [2.45, 2.75) is 32.8 Å². The summed E-state index contributed by atoms with van der Waals surface area (Å²) in [6.07, 6.45) is 3.08. The Kier molecular flexibility index (Phi) is 4.01. The molecule has 0 spiro atoms. The van der Waals surface area contributed by atoms with Crippen molar-refractivity contribution in [3.05, 3.63) is 29.0 Å². The van der Waals surface area contributed by atoms with Crippen molar-refractivity contribution < 1.29 is 14.6 Å². The van der Waals surface area contributed by atoms with Gasteiger partial charge in [-0.1, -0.05) is 11.6 Å². The van der Waals surface area contributed by atoms with Gasteiger partial charge in [0, 0.05) is 19.0 Å². The van der Waals surface area contributed by atoms with Crippen LogP contribution in [0.25, 0.3) is 11.0 Å². The molecule has 0 saturated carbocycles. The molecule has 0 radical (unpaired) electrons. The molecule has 2 rings (SSSR count). The first-order chi connectivity index (χ1) is 9.33. The van der Waals surface area contributed by atoms with Gasteiger partial charge in [-0.3, -0.25) is 4.98 Å². The summed E-state index contributed by atoms with van der Waals surface area (Å²) in [4.78, 5) is 16.5. The van der Waals surface area contributed by atoms with Crippen LogP contribution in [0.3, 0.4) is 0 Å². The highest BCUT2D eigenvalue weighted by Crippen LogP contribution is 2.27. The van der Waals surface area contributed by atoms with Gasteiger partial charge in [0.1, 0.15) is 5.60 Å². The monoisotopic (exact) mass is 296 g/mol. The summed E-state index contributed by atoms with van der Waals surface area (Å²) in [7, 11) is 0. The number of aliphatic hydroxyl groups excluding tert-OH is 1. The van der Waals surface area contributed by atoms with Crippen LogP contribution >= 0.6 is 11.6 Å². The van der Waals surface area contributed by atoms with Crippen molar-refractivity contribution in [2.24, 2.45) is 0 Å². The second-order valence-electron chi connectivity index (χ2n) is 5.47. The summed E-state index contributed by atoms with van der Waals surface area (Å²) in [6.45, 7) is 5.36. The zero-order chi connectivity index (χ0) is 14.9. The van der Waals surface area contributed by atoms with Crippen molar-refractivity contribution in [1.82, 2.24) is 9.55 Å². The molecule has 0 aliphatic heterocycles. The molecule has 1 N–H and O–H groups in total. The van der Waals surface area contributed by atoms with Gasteiger partial charge < -0.3 is 9.84 Å². The van der Waals surface area contributed by atoms with Crippen LogP contribution in [0, 0.1) is 0 Å². The van der Waals surface area contributed by atoms with E-state index in [2.05, 4.69) is 4.98 Å². The van der Waals surface area contributed by atoms with Crippen molar-refractivity contribution in [1.29, 1.82) is 0 Å². The zero-order valence-electron chi connectivity index (χ0n) is 11.7. The van der Waals surface area contributed by atoms with Crippen molar-refractivity contribution in [3.8, 4) is 0 Å². The number of ether oxygens (including phenoxy) is 1. The lowest BCUT2D eigenvalue weighted by molar-refractivity contribution is 0.0544. The number of hydrogen-bond acceptors (Lipinski definition) is 4. The Morgan fingerprint density at radius 1 is 1.50 bits per heavy atom. The van der Waals surface area contributed by atoms with Gasteiger partial charge in [-0.25, -0.2) is 9.36 Å². The highest BCUT2D eigenvalue weighted by atomic mass is 35.5. The second kappa shape index (κ2) is 5.42. The third-order valence-electron chi connectivity index (χ3n) is 2.68. The second-order valence-corrected chi connectivity index (χ2v) is 5.88. The molecular formula is C14H17ClN2O3. The largest absolute Gasteiger partial charge is 0.443 e. The SMILES string of the molecule is CC(C)(C)OC(=O)n1cc(CCO)c2nccc(Cl)c21. The van der Waals surface area contributed by atoms with Crippen molar-refractivity contribution in [2.75, 3.05) is 6.61 Å². The number of carbonyl (C=O) groups excluding carboxylic acids is 1. The van der Waals surface area contributed by atoms with E-state index < -0.39 is 11.7 Å². The number of carbonyl (C=O) groups is 1. The topological polar surface area (TPSA) is 64.3 Å². The summed E-state index contributed by atoms with van der Waals surface area (Å²) in [6, 6.07) is 1.62. The van der Waals surface area contributed by atoms with Crippen LogP contribution < -0.4 is 0 Å². The van der Waals surface area contributed by atoms with Crippen LogP contribution in [0.2, 0.25) is 5.02 Å². The molecule has 2 aromatic rings. The predicted molar refractivity (Wildman–Crippen MR) is 77.2 cm³/mol. The first-order valence-corrected chi connectivity index (χ1v) is 6.70. The number of nitrogens with zero attached hydrogens (tertiary/aromatic N) is 2. The predicted octanol–water partition coefficient (Wildman–Crippen LogP) is 3.01. The minimum absolute atomic E-state index is 0.0262. The number of rotatable bonds is 2. The lowest BCUT2D eigenvalue weighted by Gasteiger charge is -2.19. The highest BCUT2D eigenvalue weighted by molar-refractivity contribution is 6.35. The number of hydrogen-bond donors (Lipinski definition) is 1. The molecule has 20 heavy (non-hydrogen) atoms. The van der Waals surface area contributed by atoms with Gasteiger partial charge in [0.15, 0.2) is 0 Å². The molecule has 6 heteroatoms. The van der Waals surface area contributed by atoms with Crippen LogP contribution in [0.1, 0.15) is 26.3 Å². The smallest absolute Gasteiger partial charge is 0.419 e. The average Bonchev–Trinajstić information content (AvgIpc) is 2.68. The van der Waals surface area contributed by atoms with Crippen LogP contribution in [0.15, 0.2) is 18.5 Å². The fourth-order valence-corrected chi connectivity index (χ4v) is 2.17. The van der Waals surface area contributed by atoms with E-state index in [-0.39, 0.29) is 6.61 Å². The number of fused-ring (bicyclic) bond motifs is 1. The molecule has 2 heterocycles. The third-order valence-corrected chi connectivity index (χ3v) is 2.98. The van der Waals surface area contributed by atoms with Gasteiger partial charge in [-0.05, 0) is 38.8 Å². The first-order valence-electron chi connectivity index (χ1n) is 6.32. The number of aliphatic hydroxyl groups is 1. The molecule has 0 saturated heterocycles. The normalized spacial score (nSPS) is 11.8.